The van der Waals surface area contributed by atoms with Gasteiger partial charge in [-0.25, -0.2) is 0 Å². The molecule has 6 unspecified atom stereocenters. The van der Waals surface area contributed by atoms with E-state index in [0.717, 1.165) is 66.3 Å². The molecule has 0 radical (unpaired) electrons. The molecule has 0 amide bonds. The number of nitrogens with zero attached hydrogens (tertiary/aromatic N) is 1. The SMILES string of the molecule is O=C1c2cc3c(cc2C2c4ccccc4C24c2ccccc2C14)c1cc(-c2cccc4c2-c2ccccc2C42c4ccccc4-c4ccccc42)cc2c4cc5c(cc4n3c12)C(=O)C1c2ccccc2C12c1ccccc1C52. The molecule has 13 aromatic rings. The van der Waals surface area contributed by atoms with Crippen molar-refractivity contribution in [3.8, 4) is 33.4 Å². The lowest BCUT2D eigenvalue weighted by Crippen LogP contribution is -2.61. The lowest BCUT2D eigenvalue weighted by atomic mass is 9.36. The van der Waals surface area contributed by atoms with Gasteiger partial charge in [-0.3, -0.25) is 9.59 Å². The molecule has 11 aromatic carbocycles. The molecule has 78 heavy (non-hydrogen) atoms. The van der Waals surface area contributed by atoms with E-state index in [-0.39, 0.29) is 46.1 Å². The summed E-state index contributed by atoms with van der Waals surface area (Å²) >= 11 is 0. The molecule has 0 fully saturated rings. The number of hydrogen-bond donors (Lipinski definition) is 0. The number of benzene rings is 11. The van der Waals surface area contributed by atoms with Crippen molar-refractivity contribution in [1.29, 1.82) is 0 Å². The van der Waals surface area contributed by atoms with Gasteiger partial charge in [-0.1, -0.05) is 188 Å². The van der Waals surface area contributed by atoms with Crippen LogP contribution in [0.3, 0.4) is 0 Å². The molecule has 0 aliphatic heterocycles. The summed E-state index contributed by atoms with van der Waals surface area (Å²) in [5.74, 6) is 0.0683. The Kier molecular flexibility index (Phi) is 6.49. The standard InChI is InChI=1S/C75H41NO2/c77-71-53-36-63-47(34-49(53)66-43-19-4-11-27-58(43)74(66)60-29-13-6-21-45(60)68(71)74)51-32-38(39-23-15-31-62-65(39)42-18-3-10-26-57(42)73(62)55-24-8-1-16-40(55)41-17-2-9-25-56(41)73)33-52-48-35-50-54(37-64(48)76(63)70(51)52)72(78)69-46-22-7-14-30-61(46)75(69)59-28-12-5-20-44(59)67(50)75/h1-37,66-69H. The van der Waals surface area contributed by atoms with Crippen LogP contribution in [0, 0.1) is 0 Å². The van der Waals surface area contributed by atoms with Crippen LogP contribution in [0.1, 0.15) is 122 Å². The molecule has 6 atom stereocenters. The van der Waals surface area contributed by atoms with Gasteiger partial charge in [0.05, 0.1) is 33.8 Å². The fraction of sp³-hybridized carbons (Fsp3) is 0.0933. The Morgan fingerprint density at radius 2 is 0.667 bits per heavy atom. The Labute approximate surface area is 448 Å². The normalized spacial score (nSPS) is 23.4. The highest BCUT2D eigenvalue weighted by Gasteiger charge is 2.71. The molecule has 0 saturated carbocycles. The summed E-state index contributed by atoms with van der Waals surface area (Å²) in [6.07, 6.45) is 0. The number of carbonyl (C=O) groups excluding carboxylic acids is 2. The zero-order valence-electron chi connectivity index (χ0n) is 41.9. The van der Waals surface area contributed by atoms with Gasteiger partial charge in [0.2, 0.25) is 0 Å². The van der Waals surface area contributed by atoms with Crippen molar-refractivity contribution in [2.45, 2.75) is 39.9 Å². The van der Waals surface area contributed by atoms with E-state index in [9.17, 15) is 0 Å². The lowest BCUT2D eigenvalue weighted by Gasteiger charge is -2.64. The first-order valence-electron chi connectivity index (χ1n) is 27.8. The maximum absolute atomic E-state index is 15.6. The summed E-state index contributed by atoms with van der Waals surface area (Å²) < 4.78 is 2.43. The van der Waals surface area contributed by atoms with Crippen molar-refractivity contribution in [1.82, 2.24) is 4.40 Å². The van der Waals surface area contributed by atoms with E-state index in [1.54, 1.807) is 0 Å². The van der Waals surface area contributed by atoms with Crippen LogP contribution in [0.2, 0.25) is 0 Å². The van der Waals surface area contributed by atoms with Crippen molar-refractivity contribution in [3.05, 3.63) is 313 Å². The van der Waals surface area contributed by atoms with Gasteiger partial charge in [-0.05, 0) is 148 Å². The van der Waals surface area contributed by atoms with E-state index in [4.69, 9.17) is 0 Å². The van der Waals surface area contributed by atoms with E-state index < -0.39 is 5.41 Å². The minimum absolute atomic E-state index is 0.0600. The van der Waals surface area contributed by atoms with E-state index in [1.165, 1.54) is 94.2 Å². The van der Waals surface area contributed by atoms with Crippen LogP contribution >= 0.6 is 0 Å². The second kappa shape index (κ2) is 12.7. The molecule has 0 N–H and O–H groups in total. The molecule has 8 aliphatic rings. The topological polar surface area (TPSA) is 38.5 Å². The predicted octanol–water partition coefficient (Wildman–Crippen LogP) is 16.3. The van der Waals surface area contributed by atoms with Crippen molar-refractivity contribution >= 4 is 49.7 Å². The number of hydrogen-bond acceptors (Lipinski definition) is 2. The van der Waals surface area contributed by atoms with Crippen molar-refractivity contribution in [3.63, 3.8) is 0 Å². The average molecular weight is 988 g/mol. The molecule has 2 heterocycles. The van der Waals surface area contributed by atoms with E-state index >= 15 is 9.59 Å². The van der Waals surface area contributed by atoms with Gasteiger partial charge in [0.25, 0.3) is 0 Å². The first-order chi connectivity index (χ1) is 38.5. The molecule has 0 bridgehead atoms. The third kappa shape index (κ3) is 3.82. The number of rotatable bonds is 1. The molecule has 3 nitrogen and oxygen atoms in total. The van der Waals surface area contributed by atoms with Crippen LogP contribution < -0.4 is 0 Å². The quantitative estimate of drug-likeness (QED) is 0.164. The van der Waals surface area contributed by atoms with Crippen LogP contribution in [0.25, 0.3) is 71.5 Å². The number of aromatic nitrogens is 1. The first-order valence-corrected chi connectivity index (χ1v) is 27.8. The van der Waals surface area contributed by atoms with Crippen LogP contribution in [-0.2, 0) is 16.2 Å². The first kappa shape index (κ1) is 39.9. The second-order valence-corrected chi connectivity index (χ2v) is 23.8. The van der Waals surface area contributed by atoms with Crippen LogP contribution in [0.15, 0.2) is 224 Å². The van der Waals surface area contributed by atoms with Gasteiger partial charge in [0.15, 0.2) is 11.6 Å². The minimum Gasteiger partial charge on any atom is -0.308 e. The molecule has 3 heteroatoms. The van der Waals surface area contributed by atoms with E-state index in [1.807, 2.05) is 0 Å². The fourth-order valence-corrected chi connectivity index (χ4v) is 19.0. The number of carbonyl (C=O) groups is 2. The molecule has 3 spiro atoms. The summed E-state index contributed by atoms with van der Waals surface area (Å²) in [7, 11) is 0. The second-order valence-electron chi connectivity index (χ2n) is 23.8. The molecular formula is C75H41NO2. The third-order valence-electron chi connectivity index (χ3n) is 21.4. The lowest BCUT2D eigenvalue weighted by molar-refractivity contribution is 0.0839. The van der Waals surface area contributed by atoms with Crippen molar-refractivity contribution in [2.24, 2.45) is 0 Å². The maximum atomic E-state index is 15.6. The highest BCUT2D eigenvalue weighted by Crippen LogP contribution is 2.76. The predicted molar refractivity (Wildman–Crippen MR) is 308 cm³/mol. The summed E-state index contributed by atoms with van der Waals surface area (Å²) in [6.45, 7) is 0. The Balaban J connectivity index is 0.880. The van der Waals surface area contributed by atoms with Crippen molar-refractivity contribution in [2.75, 3.05) is 0 Å². The van der Waals surface area contributed by atoms with Crippen LogP contribution in [0.5, 0.6) is 0 Å². The van der Waals surface area contributed by atoms with Gasteiger partial charge < -0.3 is 4.40 Å². The van der Waals surface area contributed by atoms with Gasteiger partial charge in [-0.15, -0.1) is 0 Å². The Morgan fingerprint density at radius 1 is 0.295 bits per heavy atom. The maximum Gasteiger partial charge on any atom is 0.171 e. The molecule has 358 valence electrons. The Hall–Kier alpha value is -9.44. The van der Waals surface area contributed by atoms with Crippen LogP contribution in [0.4, 0.5) is 0 Å². The third-order valence-corrected chi connectivity index (χ3v) is 21.4. The average Bonchev–Trinajstić information content (AvgIpc) is 4.39. The van der Waals surface area contributed by atoms with Gasteiger partial charge in [-0.2, -0.15) is 0 Å². The largest absolute Gasteiger partial charge is 0.308 e. The molecule has 0 saturated heterocycles. The molecule has 21 rings (SSSR count). The smallest absolute Gasteiger partial charge is 0.171 e. The van der Waals surface area contributed by atoms with Gasteiger partial charge >= 0.3 is 0 Å². The monoisotopic (exact) mass is 987 g/mol. The molecule has 8 aliphatic carbocycles. The molecule has 2 aromatic heterocycles. The zero-order valence-corrected chi connectivity index (χ0v) is 41.9. The summed E-state index contributed by atoms with van der Waals surface area (Å²) in [5, 5.41) is 4.61. The van der Waals surface area contributed by atoms with Gasteiger partial charge in [0, 0.05) is 55.3 Å². The number of Topliss-reactive ketones (excluding diaryl/α,β-unsaturated/α-hetero) is 2. The zero-order chi connectivity index (χ0) is 50.4. The van der Waals surface area contributed by atoms with Crippen LogP contribution in [-0.4, -0.2) is 16.0 Å². The summed E-state index contributed by atoms with van der Waals surface area (Å²) in [6, 6.07) is 83.7. The van der Waals surface area contributed by atoms with E-state index in [0.29, 0.717) is 0 Å². The van der Waals surface area contributed by atoms with Gasteiger partial charge in [0.1, 0.15) is 0 Å². The number of fused-ring (bicyclic) bond motifs is 28. The highest BCUT2D eigenvalue weighted by molar-refractivity contribution is 6.27. The van der Waals surface area contributed by atoms with Crippen molar-refractivity contribution < 1.29 is 9.59 Å². The Bertz CT molecular complexity index is 4880. The van der Waals surface area contributed by atoms with E-state index in [2.05, 4.69) is 229 Å². The number of ketones is 2. The summed E-state index contributed by atoms with van der Waals surface area (Å²) in [5.41, 5.74) is 28.8. The highest BCUT2D eigenvalue weighted by atomic mass is 16.1. The fourth-order valence-electron chi connectivity index (χ4n) is 19.0. The minimum atomic E-state index is -0.476. The Morgan fingerprint density at radius 3 is 1.14 bits per heavy atom. The molecular weight excluding hydrogens is 947 g/mol. The summed E-state index contributed by atoms with van der Waals surface area (Å²) in [4.78, 5) is 31.2.